The predicted octanol–water partition coefficient (Wildman–Crippen LogP) is 1.62. The molecule has 0 radical (unpaired) electrons. The highest BCUT2D eigenvalue weighted by Crippen LogP contribution is 2.77. The van der Waals surface area contributed by atoms with E-state index >= 15 is 0 Å². The smallest absolute Gasteiger partial charge is 0.312 e. The number of fused-ring (bicyclic) bond motifs is 3. The molecular formula is C24H32O8. The fourth-order valence-corrected chi connectivity index (χ4v) is 8.28. The number of aliphatic hydroxyl groups excluding tert-OH is 1. The van der Waals surface area contributed by atoms with Crippen molar-refractivity contribution in [2.24, 2.45) is 28.6 Å². The second kappa shape index (κ2) is 6.64. The number of carbonyl (C=O) groups is 3. The second-order valence-electron chi connectivity index (χ2n) is 11.0. The van der Waals surface area contributed by atoms with Gasteiger partial charge in [0, 0.05) is 29.6 Å². The molecule has 5 aliphatic rings. The van der Waals surface area contributed by atoms with E-state index in [1.807, 2.05) is 13.8 Å². The number of ether oxygens (including phenoxy) is 2. The largest absolute Gasteiger partial charge is 0.481 e. The average molecular weight is 449 g/mol. The molecule has 32 heavy (non-hydrogen) atoms. The van der Waals surface area contributed by atoms with Crippen molar-refractivity contribution in [2.45, 2.75) is 82.2 Å². The number of methoxy groups -OCH3 is 1. The summed E-state index contributed by atoms with van der Waals surface area (Å²) in [6.07, 6.45) is 2.65. The molecule has 1 aliphatic heterocycles. The van der Waals surface area contributed by atoms with Crippen LogP contribution in [0.15, 0.2) is 11.6 Å². The van der Waals surface area contributed by atoms with E-state index in [2.05, 4.69) is 0 Å². The van der Waals surface area contributed by atoms with Crippen LogP contribution in [0.2, 0.25) is 0 Å². The molecule has 1 saturated heterocycles. The molecule has 4 aliphatic carbocycles. The van der Waals surface area contributed by atoms with E-state index in [-0.39, 0.29) is 36.6 Å². The first kappa shape index (κ1) is 22.0. The maximum Gasteiger partial charge on any atom is 0.312 e. The van der Waals surface area contributed by atoms with Crippen molar-refractivity contribution in [3.05, 3.63) is 11.6 Å². The topological polar surface area (TPSA) is 134 Å². The van der Waals surface area contributed by atoms with Crippen LogP contribution in [-0.4, -0.2) is 63.6 Å². The number of ketones is 1. The number of hydrogen-bond acceptors (Lipinski definition) is 7. The highest BCUT2D eigenvalue weighted by molar-refractivity contribution is 5.92. The van der Waals surface area contributed by atoms with Crippen LogP contribution in [0.1, 0.15) is 58.8 Å². The van der Waals surface area contributed by atoms with Crippen LogP contribution < -0.4 is 0 Å². The fourth-order valence-electron chi connectivity index (χ4n) is 8.28. The van der Waals surface area contributed by atoms with E-state index in [9.17, 15) is 29.7 Å². The molecule has 0 amide bonds. The molecule has 0 aromatic heterocycles. The molecular weight excluding hydrogens is 416 g/mol. The summed E-state index contributed by atoms with van der Waals surface area (Å²) < 4.78 is 11.6. The first-order chi connectivity index (χ1) is 14.9. The van der Waals surface area contributed by atoms with Gasteiger partial charge in [0.15, 0.2) is 5.78 Å². The molecule has 1 spiro atoms. The molecule has 8 heteroatoms. The van der Waals surface area contributed by atoms with Crippen molar-refractivity contribution in [3.63, 3.8) is 0 Å². The Bertz CT molecular complexity index is 927. The Kier molecular flexibility index (Phi) is 4.57. The number of hydrogen-bond donors (Lipinski definition) is 3. The van der Waals surface area contributed by atoms with Crippen LogP contribution in [0.4, 0.5) is 0 Å². The van der Waals surface area contributed by atoms with Gasteiger partial charge in [-0.1, -0.05) is 13.8 Å². The van der Waals surface area contributed by atoms with Gasteiger partial charge in [-0.05, 0) is 49.7 Å². The summed E-state index contributed by atoms with van der Waals surface area (Å²) in [5.74, 6) is -2.98. The Morgan fingerprint density at radius 2 is 2.00 bits per heavy atom. The first-order valence-electron chi connectivity index (χ1n) is 11.6. The van der Waals surface area contributed by atoms with Crippen LogP contribution in [0.25, 0.3) is 0 Å². The average Bonchev–Trinajstić information content (AvgIpc) is 3.40. The highest BCUT2D eigenvalue weighted by Gasteiger charge is 2.83. The van der Waals surface area contributed by atoms with Gasteiger partial charge >= 0.3 is 11.9 Å². The Morgan fingerprint density at radius 1 is 1.28 bits per heavy atom. The van der Waals surface area contributed by atoms with Crippen molar-refractivity contribution in [1.82, 2.24) is 0 Å². The molecule has 0 aromatic carbocycles. The SMILES string of the molecule is COC(=O)[C@H]1[C@H]2[C@@H]3CC[C@@](O)(CCC(=O)O)[C@@]3(C)C[C@@H]3O[C@@]23[C@@]2(C)CCC(=O)C=C2[C@@H]1O. The Labute approximate surface area is 187 Å². The van der Waals surface area contributed by atoms with Crippen LogP contribution in [0, 0.1) is 28.6 Å². The summed E-state index contributed by atoms with van der Waals surface area (Å²) in [5, 5.41) is 32.3. The van der Waals surface area contributed by atoms with Gasteiger partial charge in [0.1, 0.15) is 5.60 Å². The van der Waals surface area contributed by atoms with E-state index in [4.69, 9.17) is 9.47 Å². The minimum Gasteiger partial charge on any atom is -0.481 e. The van der Waals surface area contributed by atoms with E-state index in [0.717, 1.165) is 0 Å². The third-order valence-corrected chi connectivity index (χ3v) is 10.0. The lowest BCUT2D eigenvalue weighted by atomic mass is 9.43. The van der Waals surface area contributed by atoms with E-state index in [0.29, 0.717) is 37.7 Å². The first-order valence-corrected chi connectivity index (χ1v) is 11.6. The Morgan fingerprint density at radius 3 is 2.66 bits per heavy atom. The van der Waals surface area contributed by atoms with Crippen LogP contribution in [0.3, 0.4) is 0 Å². The zero-order valence-electron chi connectivity index (χ0n) is 18.8. The zero-order valence-corrected chi connectivity index (χ0v) is 18.8. The monoisotopic (exact) mass is 448 g/mol. The number of rotatable bonds is 4. The summed E-state index contributed by atoms with van der Waals surface area (Å²) in [4.78, 5) is 36.5. The normalized spacial score (nSPS) is 51.0. The van der Waals surface area contributed by atoms with E-state index in [1.54, 1.807) is 0 Å². The highest BCUT2D eigenvalue weighted by atomic mass is 16.6. The van der Waals surface area contributed by atoms with Gasteiger partial charge in [-0.3, -0.25) is 14.4 Å². The van der Waals surface area contributed by atoms with Crippen molar-refractivity contribution < 1.29 is 39.2 Å². The Hall–Kier alpha value is -1.77. The van der Waals surface area contributed by atoms with Gasteiger partial charge in [-0.15, -0.1) is 0 Å². The number of carboxylic acids is 1. The van der Waals surface area contributed by atoms with Gasteiger partial charge in [-0.2, -0.15) is 0 Å². The predicted molar refractivity (Wildman–Crippen MR) is 110 cm³/mol. The summed E-state index contributed by atoms with van der Waals surface area (Å²) in [6, 6.07) is 0. The van der Waals surface area contributed by atoms with E-state index < -0.39 is 46.0 Å². The van der Waals surface area contributed by atoms with Gasteiger partial charge in [-0.25, -0.2) is 0 Å². The van der Waals surface area contributed by atoms with Crippen molar-refractivity contribution >= 4 is 17.7 Å². The molecule has 8 nitrogen and oxygen atoms in total. The fraction of sp³-hybridized carbons (Fsp3) is 0.792. The van der Waals surface area contributed by atoms with Crippen LogP contribution in [-0.2, 0) is 23.9 Å². The lowest BCUT2D eigenvalue weighted by Crippen LogP contribution is -2.66. The molecule has 0 unspecified atom stereocenters. The summed E-state index contributed by atoms with van der Waals surface area (Å²) in [6.45, 7) is 4.01. The molecule has 0 bridgehead atoms. The number of epoxide rings is 1. The minimum atomic E-state index is -1.18. The second-order valence-corrected chi connectivity index (χ2v) is 11.0. The van der Waals surface area contributed by atoms with Crippen molar-refractivity contribution in [1.29, 1.82) is 0 Å². The molecule has 0 aromatic rings. The number of aliphatic hydroxyl groups is 2. The summed E-state index contributed by atoms with van der Waals surface area (Å²) >= 11 is 0. The molecule has 4 fully saturated rings. The van der Waals surface area contributed by atoms with Crippen LogP contribution >= 0.6 is 0 Å². The molecule has 5 rings (SSSR count). The third-order valence-electron chi connectivity index (χ3n) is 10.0. The minimum absolute atomic E-state index is 0.0586. The summed E-state index contributed by atoms with van der Waals surface area (Å²) in [7, 11) is 1.29. The maximum atomic E-state index is 13.0. The molecule has 1 heterocycles. The number of carboxylic acid groups (broad SMARTS) is 1. The van der Waals surface area contributed by atoms with Gasteiger partial charge in [0.25, 0.3) is 0 Å². The number of aliphatic carboxylic acids is 1. The zero-order chi connectivity index (χ0) is 23.3. The lowest BCUT2D eigenvalue weighted by Gasteiger charge is -2.59. The van der Waals surface area contributed by atoms with Gasteiger partial charge in [0.2, 0.25) is 0 Å². The molecule has 3 N–H and O–H groups in total. The maximum absolute atomic E-state index is 13.0. The van der Waals surface area contributed by atoms with Gasteiger partial charge in [0.05, 0.1) is 30.8 Å². The molecule has 176 valence electrons. The van der Waals surface area contributed by atoms with Gasteiger partial charge < -0.3 is 24.8 Å². The molecule has 3 saturated carbocycles. The number of carbonyl (C=O) groups excluding carboxylic acids is 2. The Balaban J connectivity index is 1.63. The number of esters is 1. The van der Waals surface area contributed by atoms with Crippen molar-refractivity contribution in [3.8, 4) is 0 Å². The molecule has 9 atom stereocenters. The quantitative estimate of drug-likeness (QED) is 0.436. The third kappa shape index (κ3) is 2.46. The van der Waals surface area contributed by atoms with Crippen molar-refractivity contribution in [2.75, 3.05) is 7.11 Å². The standard InChI is InChI=1S/C24H32O8/c1-21-7-4-12(25)10-14(21)19(28)17(20(29)31-3)18-13-5-8-23(30,9-6-16(26)27)22(13,2)11-15-24(18,21)32-15/h10,13,15,17-19,28,30H,4-9,11H2,1-3H3,(H,26,27)/t13-,15-,17-,18+,19-,21-,22-,23+,24+/m0/s1. The van der Waals surface area contributed by atoms with Crippen LogP contribution in [0.5, 0.6) is 0 Å². The lowest BCUT2D eigenvalue weighted by molar-refractivity contribution is -0.174. The van der Waals surface area contributed by atoms with E-state index in [1.165, 1.54) is 13.2 Å². The summed E-state index contributed by atoms with van der Waals surface area (Å²) in [5.41, 5.74) is -2.54.